The van der Waals surface area contributed by atoms with Crippen molar-refractivity contribution in [1.29, 1.82) is 0 Å². The second-order valence-electron chi connectivity index (χ2n) is 5.21. The van der Waals surface area contributed by atoms with Crippen molar-refractivity contribution in [3.8, 4) is 0 Å². The Labute approximate surface area is 91.2 Å². The molecule has 0 atom stereocenters. The van der Waals surface area contributed by atoms with Gasteiger partial charge in [0, 0.05) is 13.0 Å². The predicted octanol–water partition coefficient (Wildman–Crippen LogP) is 1.60. The van der Waals surface area contributed by atoms with Crippen molar-refractivity contribution in [3.63, 3.8) is 0 Å². The summed E-state index contributed by atoms with van der Waals surface area (Å²) in [6, 6.07) is 0. The van der Waals surface area contributed by atoms with Gasteiger partial charge < -0.3 is 10.4 Å². The van der Waals surface area contributed by atoms with Gasteiger partial charge in [0.05, 0.1) is 5.60 Å². The predicted molar refractivity (Wildman–Crippen MR) is 58.4 cm³/mol. The molecule has 0 aromatic carbocycles. The zero-order valence-corrected chi connectivity index (χ0v) is 9.30. The standard InChI is InChI=1S/C12H21NO2/c14-11(8-10-4-1-2-5-10)13-9-12(15)6-3-7-12/h10,15H,1-9H2,(H,13,14). The van der Waals surface area contributed by atoms with Crippen LogP contribution >= 0.6 is 0 Å². The third-order valence-corrected chi connectivity index (χ3v) is 3.85. The van der Waals surface area contributed by atoms with Gasteiger partial charge in [0.1, 0.15) is 0 Å². The van der Waals surface area contributed by atoms with Crippen LogP contribution in [0.5, 0.6) is 0 Å². The fourth-order valence-corrected chi connectivity index (χ4v) is 2.57. The number of hydrogen-bond donors (Lipinski definition) is 2. The first-order valence-electron chi connectivity index (χ1n) is 6.17. The molecule has 0 spiro atoms. The highest BCUT2D eigenvalue weighted by Crippen LogP contribution is 2.31. The Hall–Kier alpha value is -0.570. The molecule has 0 heterocycles. The maximum atomic E-state index is 11.6. The fourth-order valence-electron chi connectivity index (χ4n) is 2.57. The molecule has 0 aromatic rings. The first-order valence-corrected chi connectivity index (χ1v) is 6.17. The summed E-state index contributed by atoms with van der Waals surface area (Å²) in [6.07, 6.45) is 8.41. The maximum Gasteiger partial charge on any atom is 0.220 e. The highest BCUT2D eigenvalue weighted by Gasteiger charge is 2.34. The minimum atomic E-state index is -0.578. The van der Waals surface area contributed by atoms with E-state index in [0.717, 1.165) is 19.3 Å². The molecule has 0 aromatic heterocycles. The molecule has 0 aliphatic heterocycles. The van der Waals surface area contributed by atoms with Crippen LogP contribution in [0.4, 0.5) is 0 Å². The van der Waals surface area contributed by atoms with Gasteiger partial charge in [0.2, 0.25) is 5.91 Å². The van der Waals surface area contributed by atoms with Gasteiger partial charge in [0.15, 0.2) is 0 Å². The summed E-state index contributed by atoms with van der Waals surface area (Å²) in [6.45, 7) is 0.457. The van der Waals surface area contributed by atoms with E-state index in [0.29, 0.717) is 18.9 Å². The van der Waals surface area contributed by atoms with Crippen LogP contribution in [0.15, 0.2) is 0 Å². The van der Waals surface area contributed by atoms with Crippen LogP contribution in [-0.2, 0) is 4.79 Å². The lowest BCUT2D eigenvalue weighted by atomic mass is 9.80. The lowest BCUT2D eigenvalue weighted by Gasteiger charge is -2.36. The van der Waals surface area contributed by atoms with Crippen LogP contribution in [0.1, 0.15) is 51.4 Å². The van der Waals surface area contributed by atoms with E-state index >= 15 is 0 Å². The van der Waals surface area contributed by atoms with Gasteiger partial charge >= 0.3 is 0 Å². The Morgan fingerprint density at radius 3 is 2.47 bits per heavy atom. The lowest BCUT2D eigenvalue weighted by molar-refractivity contribution is -0.124. The van der Waals surface area contributed by atoms with Crippen molar-refractivity contribution in [1.82, 2.24) is 5.32 Å². The first-order chi connectivity index (χ1) is 7.18. The summed E-state index contributed by atoms with van der Waals surface area (Å²) < 4.78 is 0. The van der Waals surface area contributed by atoms with Gasteiger partial charge in [-0.2, -0.15) is 0 Å². The van der Waals surface area contributed by atoms with Crippen molar-refractivity contribution in [3.05, 3.63) is 0 Å². The summed E-state index contributed by atoms with van der Waals surface area (Å²) in [4.78, 5) is 11.6. The summed E-state index contributed by atoms with van der Waals surface area (Å²) >= 11 is 0. The summed E-state index contributed by atoms with van der Waals surface area (Å²) in [5.41, 5.74) is -0.578. The minimum absolute atomic E-state index is 0.127. The fraction of sp³-hybridized carbons (Fsp3) is 0.917. The summed E-state index contributed by atoms with van der Waals surface area (Å²) in [7, 11) is 0. The molecule has 3 heteroatoms. The lowest BCUT2D eigenvalue weighted by Crippen LogP contribution is -2.47. The number of aliphatic hydroxyl groups is 1. The normalized spacial score (nSPS) is 24.9. The number of amides is 1. The Balaban J connectivity index is 1.63. The summed E-state index contributed by atoms with van der Waals surface area (Å²) in [5.74, 6) is 0.725. The third kappa shape index (κ3) is 2.94. The van der Waals surface area contributed by atoms with E-state index < -0.39 is 5.60 Å². The van der Waals surface area contributed by atoms with Crippen molar-refractivity contribution < 1.29 is 9.90 Å². The quantitative estimate of drug-likeness (QED) is 0.742. The van der Waals surface area contributed by atoms with E-state index in [1.165, 1.54) is 25.7 Å². The molecule has 0 saturated heterocycles. The van der Waals surface area contributed by atoms with E-state index in [1.54, 1.807) is 0 Å². The second kappa shape index (κ2) is 4.52. The smallest absolute Gasteiger partial charge is 0.220 e. The van der Waals surface area contributed by atoms with E-state index in [1.807, 2.05) is 0 Å². The van der Waals surface area contributed by atoms with Crippen molar-refractivity contribution in [2.75, 3.05) is 6.54 Å². The van der Waals surface area contributed by atoms with Gasteiger partial charge in [0.25, 0.3) is 0 Å². The Kier molecular flexibility index (Phi) is 3.29. The number of nitrogens with one attached hydrogen (secondary N) is 1. The van der Waals surface area contributed by atoms with Crippen LogP contribution in [0, 0.1) is 5.92 Å². The average molecular weight is 211 g/mol. The molecule has 0 unspecified atom stereocenters. The molecule has 0 radical (unpaired) electrons. The minimum Gasteiger partial charge on any atom is -0.388 e. The molecule has 1 amide bonds. The van der Waals surface area contributed by atoms with Gasteiger partial charge in [-0.05, 0) is 38.0 Å². The highest BCUT2D eigenvalue weighted by atomic mass is 16.3. The number of rotatable bonds is 4. The third-order valence-electron chi connectivity index (χ3n) is 3.85. The van der Waals surface area contributed by atoms with Gasteiger partial charge in [-0.15, -0.1) is 0 Å². The van der Waals surface area contributed by atoms with Crippen LogP contribution in [-0.4, -0.2) is 23.2 Å². The second-order valence-corrected chi connectivity index (χ2v) is 5.21. The van der Waals surface area contributed by atoms with Crippen LogP contribution in [0.25, 0.3) is 0 Å². The monoisotopic (exact) mass is 211 g/mol. The Morgan fingerprint density at radius 1 is 1.27 bits per heavy atom. The molecule has 2 saturated carbocycles. The Morgan fingerprint density at radius 2 is 1.93 bits per heavy atom. The van der Waals surface area contributed by atoms with E-state index in [4.69, 9.17) is 0 Å². The SMILES string of the molecule is O=C(CC1CCCC1)NCC1(O)CCC1. The van der Waals surface area contributed by atoms with Crippen LogP contribution in [0.3, 0.4) is 0 Å². The molecule has 2 fully saturated rings. The van der Waals surface area contributed by atoms with Crippen LogP contribution in [0.2, 0.25) is 0 Å². The highest BCUT2D eigenvalue weighted by molar-refractivity contribution is 5.76. The molecule has 2 aliphatic rings. The maximum absolute atomic E-state index is 11.6. The topological polar surface area (TPSA) is 49.3 Å². The number of hydrogen-bond acceptors (Lipinski definition) is 2. The molecule has 15 heavy (non-hydrogen) atoms. The van der Waals surface area contributed by atoms with E-state index in [2.05, 4.69) is 5.32 Å². The Bertz CT molecular complexity index is 230. The van der Waals surface area contributed by atoms with Gasteiger partial charge in [-0.3, -0.25) is 4.79 Å². The summed E-state index contributed by atoms with van der Waals surface area (Å²) in [5, 5.41) is 12.7. The number of carbonyl (C=O) groups is 1. The van der Waals surface area contributed by atoms with Crippen molar-refractivity contribution in [2.24, 2.45) is 5.92 Å². The first kappa shape index (κ1) is 10.9. The zero-order valence-electron chi connectivity index (χ0n) is 9.30. The zero-order chi connectivity index (χ0) is 10.7. The molecule has 3 nitrogen and oxygen atoms in total. The van der Waals surface area contributed by atoms with Crippen molar-refractivity contribution >= 4 is 5.91 Å². The molecule has 2 rings (SSSR count). The molecule has 0 bridgehead atoms. The van der Waals surface area contributed by atoms with Gasteiger partial charge in [-0.25, -0.2) is 0 Å². The molecule has 2 aliphatic carbocycles. The molecular formula is C12H21NO2. The van der Waals surface area contributed by atoms with Crippen LogP contribution < -0.4 is 5.32 Å². The largest absolute Gasteiger partial charge is 0.388 e. The molecular weight excluding hydrogens is 190 g/mol. The molecule has 86 valence electrons. The van der Waals surface area contributed by atoms with Gasteiger partial charge in [-0.1, -0.05) is 12.8 Å². The molecule has 2 N–H and O–H groups in total. The van der Waals surface area contributed by atoms with E-state index in [9.17, 15) is 9.90 Å². The van der Waals surface area contributed by atoms with E-state index in [-0.39, 0.29) is 5.91 Å². The number of carbonyl (C=O) groups excluding carboxylic acids is 1. The average Bonchev–Trinajstić information content (AvgIpc) is 2.64. The van der Waals surface area contributed by atoms with Crippen molar-refractivity contribution in [2.45, 2.75) is 57.0 Å².